The third-order valence-corrected chi connectivity index (χ3v) is 3.59. The molecular weight excluding hydrogens is 300 g/mol. The molecule has 0 saturated carbocycles. The van der Waals surface area contributed by atoms with Crippen molar-refractivity contribution >= 4 is 29.6 Å². The summed E-state index contributed by atoms with van der Waals surface area (Å²) in [5, 5.41) is 8.70. The van der Waals surface area contributed by atoms with Crippen molar-refractivity contribution in [2.75, 3.05) is 5.73 Å². The number of rotatable bonds is 4. The van der Waals surface area contributed by atoms with E-state index < -0.39 is 5.97 Å². The summed E-state index contributed by atoms with van der Waals surface area (Å²) in [6.45, 7) is 6.48. The van der Waals surface area contributed by atoms with Crippen molar-refractivity contribution in [1.29, 1.82) is 0 Å². The first-order chi connectivity index (χ1) is 11.3. The average molecular weight is 322 g/mol. The summed E-state index contributed by atoms with van der Waals surface area (Å²) >= 11 is 0. The number of anilines is 1. The standard InChI is InChI=1S/C20H22N2O2/c1-20(2,3)16-5-4-6-17(12-16)22-13-15-11-14(7-9-18(15)21)8-10-19(23)24/h4-13H,21H2,1-3H3,(H,23,24)/b10-8+,22-13?. The largest absolute Gasteiger partial charge is 0.478 e. The highest BCUT2D eigenvalue weighted by atomic mass is 16.4. The smallest absolute Gasteiger partial charge is 0.328 e. The van der Waals surface area contributed by atoms with Crippen molar-refractivity contribution < 1.29 is 9.90 Å². The van der Waals surface area contributed by atoms with Crippen LogP contribution in [0.25, 0.3) is 6.08 Å². The molecule has 0 aliphatic heterocycles. The van der Waals surface area contributed by atoms with Crippen LogP contribution in [0.5, 0.6) is 0 Å². The minimum atomic E-state index is -0.985. The predicted octanol–water partition coefficient (Wildman–Crippen LogP) is 4.41. The first-order valence-electron chi connectivity index (χ1n) is 7.71. The molecule has 3 N–H and O–H groups in total. The van der Waals surface area contributed by atoms with Gasteiger partial charge in [0.05, 0.1) is 5.69 Å². The Hall–Kier alpha value is -2.88. The SMILES string of the molecule is CC(C)(C)c1cccc(N=Cc2cc(/C=C/C(=O)O)ccc2N)c1. The normalized spacial score (nSPS) is 12.1. The molecule has 0 radical (unpaired) electrons. The fraction of sp³-hybridized carbons (Fsp3) is 0.200. The number of carboxylic acid groups (broad SMARTS) is 1. The molecule has 0 aliphatic carbocycles. The van der Waals surface area contributed by atoms with Gasteiger partial charge in [-0.15, -0.1) is 0 Å². The van der Waals surface area contributed by atoms with Crippen LogP contribution in [0.1, 0.15) is 37.5 Å². The molecule has 0 amide bonds. The second-order valence-corrected chi connectivity index (χ2v) is 6.62. The van der Waals surface area contributed by atoms with Gasteiger partial charge in [-0.3, -0.25) is 4.99 Å². The van der Waals surface area contributed by atoms with Gasteiger partial charge in [-0.1, -0.05) is 39.0 Å². The van der Waals surface area contributed by atoms with E-state index in [0.717, 1.165) is 22.9 Å². The molecule has 0 atom stereocenters. The summed E-state index contributed by atoms with van der Waals surface area (Å²) in [6, 6.07) is 13.4. The number of nitrogen functional groups attached to an aromatic ring is 1. The molecule has 4 heteroatoms. The fourth-order valence-corrected chi connectivity index (χ4v) is 2.17. The van der Waals surface area contributed by atoms with Crippen LogP contribution < -0.4 is 5.73 Å². The summed E-state index contributed by atoms with van der Waals surface area (Å²) < 4.78 is 0. The van der Waals surface area contributed by atoms with E-state index in [0.29, 0.717) is 5.69 Å². The number of nitrogens with zero attached hydrogens (tertiary/aromatic N) is 1. The van der Waals surface area contributed by atoms with Crippen LogP contribution in [-0.2, 0) is 10.2 Å². The first-order valence-corrected chi connectivity index (χ1v) is 7.71. The Morgan fingerprint density at radius 2 is 1.92 bits per heavy atom. The van der Waals surface area contributed by atoms with Crippen molar-refractivity contribution in [3.8, 4) is 0 Å². The number of aliphatic imine (C=N–C) groups is 1. The van der Waals surface area contributed by atoms with E-state index >= 15 is 0 Å². The van der Waals surface area contributed by atoms with Crippen molar-refractivity contribution in [2.45, 2.75) is 26.2 Å². The van der Waals surface area contributed by atoms with Crippen LogP contribution in [-0.4, -0.2) is 17.3 Å². The summed E-state index contributed by atoms with van der Waals surface area (Å²) in [4.78, 5) is 15.1. The van der Waals surface area contributed by atoms with Crippen LogP contribution in [0, 0.1) is 0 Å². The van der Waals surface area contributed by atoms with E-state index in [9.17, 15) is 4.79 Å². The number of hydrogen-bond acceptors (Lipinski definition) is 3. The number of aliphatic carboxylic acids is 1. The second kappa shape index (κ2) is 7.13. The van der Waals surface area contributed by atoms with Crippen molar-refractivity contribution in [3.63, 3.8) is 0 Å². The molecule has 2 aromatic rings. The molecule has 0 heterocycles. The molecule has 0 unspecified atom stereocenters. The van der Waals surface area contributed by atoms with Gasteiger partial charge in [-0.25, -0.2) is 4.79 Å². The zero-order valence-electron chi connectivity index (χ0n) is 14.2. The van der Waals surface area contributed by atoms with Gasteiger partial charge < -0.3 is 10.8 Å². The minimum absolute atomic E-state index is 0.0616. The molecule has 2 aromatic carbocycles. The van der Waals surface area contributed by atoms with Crippen LogP contribution in [0.3, 0.4) is 0 Å². The number of carboxylic acids is 1. The van der Waals surface area contributed by atoms with Crippen molar-refractivity contribution in [3.05, 3.63) is 65.2 Å². The zero-order valence-corrected chi connectivity index (χ0v) is 14.2. The predicted molar refractivity (Wildman–Crippen MR) is 99.9 cm³/mol. The molecule has 124 valence electrons. The summed E-state index contributed by atoms with van der Waals surface area (Å²) in [7, 11) is 0. The van der Waals surface area contributed by atoms with E-state index in [2.05, 4.69) is 37.9 Å². The zero-order chi connectivity index (χ0) is 17.7. The van der Waals surface area contributed by atoms with Gasteiger partial charge in [-0.05, 0) is 46.9 Å². The summed E-state index contributed by atoms with van der Waals surface area (Å²) in [5.41, 5.74) is 10.2. The van der Waals surface area contributed by atoms with E-state index in [1.807, 2.05) is 18.2 Å². The van der Waals surface area contributed by atoms with Crippen LogP contribution >= 0.6 is 0 Å². The Bertz CT molecular complexity index is 800. The molecule has 0 aromatic heterocycles. The monoisotopic (exact) mass is 322 g/mol. The Morgan fingerprint density at radius 3 is 2.58 bits per heavy atom. The topological polar surface area (TPSA) is 75.7 Å². The highest BCUT2D eigenvalue weighted by Crippen LogP contribution is 2.26. The van der Waals surface area contributed by atoms with Crippen molar-refractivity contribution in [1.82, 2.24) is 0 Å². The molecule has 2 rings (SSSR count). The van der Waals surface area contributed by atoms with E-state index in [1.165, 1.54) is 11.6 Å². The molecule has 0 spiro atoms. The van der Waals surface area contributed by atoms with Gasteiger partial charge in [0, 0.05) is 23.5 Å². The maximum atomic E-state index is 10.6. The summed E-state index contributed by atoms with van der Waals surface area (Å²) in [6.07, 6.45) is 4.33. The summed E-state index contributed by atoms with van der Waals surface area (Å²) in [5.74, 6) is -0.985. The number of nitrogens with two attached hydrogens (primary N) is 1. The van der Waals surface area contributed by atoms with E-state index in [1.54, 1.807) is 18.3 Å². The van der Waals surface area contributed by atoms with Gasteiger partial charge in [0.2, 0.25) is 0 Å². The van der Waals surface area contributed by atoms with Gasteiger partial charge in [0.15, 0.2) is 0 Å². The molecular formula is C20H22N2O2. The third-order valence-electron chi connectivity index (χ3n) is 3.59. The van der Waals surface area contributed by atoms with Crippen LogP contribution in [0.2, 0.25) is 0 Å². The maximum absolute atomic E-state index is 10.6. The average Bonchev–Trinajstić information content (AvgIpc) is 2.52. The van der Waals surface area contributed by atoms with Crippen LogP contribution in [0.15, 0.2) is 53.5 Å². The van der Waals surface area contributed by atoms with E-state index in [-0.39, 0.29) is 5.41 Å². The Kier molecular flexibility index (Phi) is 5.19. The molecule has 0 fully saturated rings. The van der Waals surface area contributed by atoms with Crippen molar-refractivity contribution in [2.24, 2.45) is 4.99 Å². The molecule has 0 bridgehead atoms. The quantitative estimate of drug-likeness (QED) is 0.497. The lowest BCUT2D eigenvalue weighted by Crippen LogP contribution is -2.10. The van der Waals surface area contributed by atoms with Gasteiger partial charge in [-0.2, -0.15) is 0 Å². The molecule has 0 aliphatic rings. The van der Waals surface area contributed by atoms with Gasteiger partial charge in [0.1, 0.15) is 0 Å². The number of benzene rings is 2. The highest BCUT2D eigenvalue weighted by Gasteiger charge is 2.13. The lowest BCUT2D eigenvalue weighted by molar-refractivity contribution is -0.131. The Labute approximate surface area is 142 Å². The van der Waals surface area contributed by atoms with E-state index in [4.69, 9.17) is 10.8 Å². The van der Waals surface area contributed by atoms with Crippen LogP contribution in [0.4, 0.5) is 11.4 Å². The first kappa shape index (κ1) is 17.5. The van der Waals surface area contributed by atoms with Gasteiger partial charge >= 0.3 is 5.97 Å². The maximum Gasteiger partial charge on any atom is 0.328 e. The fourth-order valence-electron chi connectivity index (χ4n) is 2.17. The molecule has 24 heavy (non-hydrogen) atoms. The lowest BCUT2D eigenvalue weighted by atomic mass is 9.87. The Morgan fingerprint density at radius 1 is 1.17 bits per heavy atom. The number of hydrogen-bond donors (Lipinski definition) is 2. The third kappa shape index (κ3) is 4.81. The molecule has 4 nitrogen and oxygen atoms in total. The highest BCUT2D eigenvalue weighted by molar-refractivity contribution is 5.90. The Balaban J connectivity index is 2.29. The number of carbonyl (C=O) groups is 1. The second-order valence-electron chi connectivity index (χ2n) is 6.62. The van der Waals surface area contributed by atoms with Gasteiger partial charge in [0.25, 0.3) is 0 Å². The molecule has 0 saturated heterocycles. The minimum Gasteiger partial charge on any atom is -0.478 e. The lowest BCUT2D eigenvalue weighted by Gasteiger charge is -2.18.